The van der Waals surface area contributed by atoms with Gasteiger partial charge in [-0.15, -0.1) is 11.8 Å². The van der Waals surface area contributed by atoms with Gasteiger partial charge in [0.25, 0.3) is 0 Å². The first-order chi connectivity index (χ1) is 6.38. The molecule has 0 saturated carbocycles. The summed E-state index contributed by atoms with van der Waals surface area (Å²) in [6.07, 6.45) is 3.06. The molecular weight excluding hydrogens is 164 g/mol. The fourth-order valence-electron chi connectivity index (χ4n) is 1.68. The number of nitrogens with two attached hydrogens (primary N) is 1. The summed E-state index contributed by atoms with van der Waals surface area (Å²) >= 11 is 0. The van der Waals surface area contributed by atoms with Crippen molar-refractivity contribution in [2.24, 2.45) is 11.8 Å². The van der Waals surface area contributed by atoms with Crippen molar-refractivity contribution in [3.05, 3.63) is 0 Å². The van der Waals surface area contributed by atoms with E-state index in [0.29, 0.717) is 12.0 Å². The SMILES string of the molecule is CC#CCCC(NN)C1CCOC1. The molecule has 0 aromatic rings. The minimum absolute atomic E-state index is 0.364. The Labute approximate surface area is 80.0 Å². The molecule has 3 heteroatoms. The molecule has 1 saturated heterocycles. The summed E-state index contributed by atoms with van der Waals surface area (Å²) in [6.45, 7) is 3.58. The van der Waals surface area contributed by atoms with Gasteiger partial charge in [0.1, 0.15) is 0 Å². The zero-order chi connectivity index (χ0) is 9.52. The second-order valence-electron chi connectivity index (χ2n) is 3.36. The van der Waals surface area contributed by atoms with Crippen LogP contribution in [0, 0.1) is 17.8 Å². The molecule has 0 aromatic heterocycles. The van der Waals surface area contributed by atoms with Crippen LogP contribution < -0.4 is 11.3 Å². The van der Waals surface area contributed by atoms with Gasteiger partial charge in [-0.2, -0.15) is 0 Å². The van der Waals surface area contributed by atoms with E-state index in [9.17, 15) is 0 Å². The lowest BCUT2D eigenvalue weighted by Crippen LogP contribution is -2.41. The van der Waals surface area contributed by atoms with Crippen LogP contribution in [0.25, 0.3) is 0 Å². The highest BCUT2D eigenvalue weighted by atomic mass is 16.5. The summed E-state index contributed by atoms with van der Waals surface area (Å²) in [7, 11) is 0. The van der Waals surface area contributed by atoms with Crippen LogP contribution in [0.5, 0.6) is 0 Å². The summed E-state index contributed by atoms with van der Waals surface area (Å²) in [4.78, 5) is 0. The minimum Gasteiger partial charge on any atom is -0.381 e. The number of hydrazine groups is 1. The Hall–Kier alpha value is -0.560. The monoisotopic (exact) mass is 182 g/mol. The van der Waals surface area contributed by atoms with Crippen molar-refractivity contribution in [1.82, 2.24) is 5.43 Å². The summed E-state index contributed by atoms with van der Waals surface area (Å²) < 4.78 is 5.31. The Morgan fingerprint density at radius 2 is 2.54 bits per heavy atom. The fraction of sp³-hybridized carbons (Fsp3) is 0.800. The molecule has 2 atom stereocenters. The van der Waals surface area contributed by atoms with E-state index in [0.717, 1.165) is 32.5 Å². The number of rotatable bonds is 4. The van der Waals surface area contributed by atoms with Crippen LogP contribution in [0.3, 0.4) is 0 Å². The van der Waals surface area contributed by atoms with Crippen LogP contribution in [0.4, 0.5) is 0 Å². The third kappa shape index (κ3) is 3.35. The lowest BCUT2D eigenvalue weighted by molar-refractivity contribution is 0.175. The number of ether oxygens (including phenoxy) is 1. The number of hydrogen-bond donors (Lipinski definition) is 2. The van der Waals surface area contributed by atoms with Gasteiger partial charge in [0.2, 0.25) is 0 Å². The summed E-state index contributed by atoms with van der Waals surface area (Å²) in [5.74, 6) is 12.0. The molecule has 74 valence electrons. The lowest BCUT2D eigenvalue weighted by atomic mass is 9.96. The van der Waals surface area contributed by atoms with Gasteiger partial charge in [-0.3, -0.25) is 11.3 Å². The molecule has 2 unspecified atom stereocenters. The lowest BCUT2D eigenvalue weighted by Gasteiger charge is -2.20. The van der Waals surface area contributed by atoms with Crippen molar-refractivity contribution in [1.29, 1.82) is 0 Å². The van der Waals surface area contributed by atoms with E-state index < -0.39 is 0 Å². The summed E-state index contributed by atoms with van der Waals surface area (Å²) in [5.41, 5.74) is 2.86. The molecule has 1 aliphatic rings. The topological polar surface area (TPSA) is 47.3 Å². The predicted molar refractivity (Wildman–Crippen MR) is 52.7 cm³/mol. The van der Waals surface area contributed by atoms with E-state index >= 15 is 0 Å². The highest BCUT2D eigenvalue weighted by molar-refractivity contribution is 4.96. The maximum Gasteiger partial charge on any atom is 0.0510 e. The predicted octanol–water partition coefficient (Wildman–Crippen LogP) is 0.658. The quantitative estimate of drug-likeness (QED) is 0.381. The van der Waals surface area contributed by atoms with Crippen LogP contribution in [-0.2, 0) is 4.74 Å². The molecule has 0 bridgehead atoms. The second-order valence-corrected chi connectivity index (χ2v) is 3.36. The largest absolute Gasteiger partial charge is 0.381 e. The van der Waals surface area contributed by atoms with E-state index in [1.54, 1.807) is 0 Å². The molecular formula is C10H18N2O. The van der Waals surface area contributed by atoms with Crippen LogP contribution in [0.2, 0.25) is 0 Å². The standard InChI is InChI=1S/C10H18N2O/c1-2-3-4-5-10(12-11)9-6-7-13-8-9/h9-10,12H,4-8,11H2,1H3. The van der Waals surface area contributed by atoms with Crippen LogP contribution in [0.15, 0.2) is 0 Å². The Morgan fingerprint density at radius 3 is 3.08 bits per heavy atom. The zero-order valence-corrected chi connectivity index (χ0v) is 8.18. The van der Waals surface area contributed by atoms with Gasteiger partial charge in [0.15, 0.2) is 0 Å². The van der Waals surface area contributed by atoms with Crippen LogP contribution in [0.1, 0.15) is 26.2 Å². The van der Waals surface area contributed by atoms with Gasteiger partial charge in [-0.1, -0.05) is 0 Å². The van der Waals surface area contributed by atoms with E-state index in [1.165, 1.54) is 0 Å². The molecule has 0 amide bonds. The molecule has 0 spiro atoms. The highest BCUT2D eigenvalue weighted by Crippen LogP contribution is 2.19. The molecule has 3 nitrogen and oxygen atoms in total. The molecule has 1 aliphatic heterocycles. The summed E-state index contributed by atoms with van der Waals surface area (Å²) in [5, 5.41) is 0. The molecule has 1 heterocycles. The van der Waals surface area contributed by atoms with Crippen molar-refractivity contribution in [3.63, 3.8) is 0 Å². The van der Waals surface area contributed by atoms with Crippen molar-refractivity contribution in [2.45, 2.75) is 32.2 Å². The first-order valence-electron chi connectivity index (χ1n) is 4.82. The Kier molecular flexibility index (Phi) is 4.84. The van der Waals surface area contributed by atoms with Crippen molar-refractivity contribution >= 4 is 0 Å². The number of nitrogens with one attached hydrogen (secondary N) is 1. The third-order valence-corrected chi connectivity index (χ3v) is 2.51. The Morgan fingerprint density at radius 1 is 1.69 bits per heavy atom. The smallest absolute Gasteiger partial charge is 0.0510 e. The van der Waals surface area contributed by atoms with Gasteiger partial charge in [0.05, 0.1) is 6.61 Å². The van der Waals surface area contributed by atoms with Crippen LogP contribution >= 0.6 is 0 Å². The highest BCUT2D eigenvalue weighted by Gasteiger charge is 2.23. The second kappa shape index (κ2) is 5.98. The third-order valence-electron chi connectivity index (χ3n) is 2.51. The maximum absolute atomic E-state index is 5.48. The molecule has 0 radical (unpaired) electrons. The van der Waals surface area contributed by atoms with E-state index in [4.69, 9.17) is 10.6 Å². The molecule has 1 fully saturated rings. The Bertz CT molecular complexity index is 189. The van der Waals surface area contributed by atoms with E-state index in [1.807, 2.05) is 6.92 Å². The van der Waals surface area contributed by atoms with E-state index in [2.05, 4.69) is 17.3 Å². The summed E-state index contributed by atoms with van der Waals surface area (Å²) in [6, 6.07) is 0.364. The van der Waals surface area contributed by atoms with Crippen LogP contribution in [-0.4, -0.2) is 19.3 Å². The Balaban J connectivity index is 2.27. The van der Waals surface area contributed by atoms with Crippen molar-refractivity contribution in [3.8, 4) is 11.8 Å². The zero-order valence-electron chi connectivity index (χ0n) is 8.18. The number of hydrogen-bond acceptors (Lipinski definition) is 3. The average Bonchev–Trinajstić information content (AvgIpc) is 2.65. The molecule has 3 N–H and O–H groups in total. The normalized spacial score (nSPS) is 23.7. The fourth-order valence-corrected chi connectivity index (χ4v) is 1.68. The van der Waals surface area contributed by atoms with Gasteiger partial charge in [0, 0.05) is 25.0 Å². The molecule has 1 rings (SSSR count). The average molecular weight is 182 g/mol. The maximum atomic E-state index is 5.48. The first-order valence-corrected chi connectivity index (χ1v) is 4.82. The van der Waals surface area contributed by atoms with Crippen molar-refractivity contribution < 1.29 is 4.74 Å². The van der Waals surface area contributed by atoms with Gasteiger partial charge < -0.3 is 4.74 Å². The molecule has 13 heavy (non-hydrogen) atoms. The van der Waals surface area contributed by atoms with E-state index in [-0.39, 0.29) is 0 Å². The molecule has 0 aromatic carbocycles. The van der Waals surface area contributed by atoms with Crippen molar-refractivity contribution in [2.75, 3.05) is 13.2 Å². The minimum atomic E-state index is 0.364. The van der Waals surface area contributed by atoms with Gasteiger partial charge in [-0.25, -0.2) is 0 Å². The first kappa shape index (κ1) is 10.5. The van der Waals surface area contributed by atoms with Gasteiger partial charge >= 0.3 is 0 Å². The van der Waals surface area contributed by atoms with Gasteiger partial charge in [-0.05, 0) is 19.8 Å². The molecule has 0 aliphatic carbocycles.